The van der Waals surface area contributed by atoms with Crippen LogP contribution in [0.1, 0.15) is 43.7 Å². The van der Waals surface area contributed by atoms with Gasteiger partial charge in [-0.15, -0.1) is 0 Å². The molecule has 1 atom stereocenters. The van der Waals surface area contributed by atoms with Crippen LogP contribution < -0.4 is 5.32 Å². The number of fused-ring (bicyclic) bond motifs is 1. The van der Waals surface area contributed by atoms with E-state index in [2.05, 4.69) is 15.4 Å². The zero-order chi connectivity index (χ0) is 16.0. The summed E-state index contributed by atoms with van der Waals surface area (Å²) in [7, 11) is 0. The Morgan fingerprint density at radius 1 is 1.39 bits per heavy atom. The van der Waals surface area contributed by atoms with Crippen LogP contribution in [0.15, 0.2) is 24.7 Å². The van der Waals surface area contributed by atoms with Gasteiger partial charge in [0.05, 0.1) is 12.2 Å². The van der Waals surface area contributed by atoms with E-state index < -0.39 is 17.9 Å². The number of carbonyl (C=O) groups excluding carboxylic acids is 1. The molecule has 0 unspecified atom stereocenters. The molecule has 0 aromatic carbocycles. The minimum Gasteiger partial charge on any atom is -0.344 e. The average Bonchev–Trinajstić information content (AvgIpc) is 3.43. The van der Waals surface area contributed by atoms with Gasteiger partial charge in [0, 0.05) is 18.8 Å². The predicted molar refractivity (Wildman–Crippen MR) is 78.9 cm³/mol. The Hall–Kier alpha value is -2.05. The van der Waals surface area contributed by atoms with Crippen molar-refractivity contribution in [1.29, 1.82) is 0 Å². The molecule has 7 heteroatoms. The van der Waals surface area contributed by atoms with Crippen molar-refractivity contribution in [3.8, 4) is 0 Å². The molecule has 2 aromatic heterocycles. The van der Waals surface area contributed by atoms with E-state index in [4.69, 9.17) is 0 Å². The Kier molecular flexibility index (Phi) is 3.32. The SMILES string of the molecule is O=C(N[C@@H](c1cnn2ccnc2c1)C1CC1)C(F)(F)CC1CC1. The van der Waals surface area contributed by atoms with Crippen molar-refractivity contribution in [2.24, 2.45) is 11.8 Å². The van der Waals surface area contributed by atoms with Crippen LogP contribution in [-0.4, -0.2) is 26.4 Å². The largest absolute Gasteiger partial charge is 0.344 e. The molecule has 0 aliphatic heterocycles. The van der Waals surface area contributed by atoms with Crippen LogP contribution in [0.25, 0.3) is 5.65 Å². The minimum absolute atomic E-state index is 0.00180. The molecule has 2 heterocycles. The van der Waals surface area contributed by atoms with Crippen LogP contribution in [0.5, 0.6) is 0 Å². The van der Waals surface area contributed by atoms with Crippen molar-refractivity contribution in [1.82, 2.24) is 19.9 Å². The number of hydrogen-bond acceptors (Lipinski definition) is 3. The van der Waals surface area contributed by atoms with Gasteiger partial charge in [-0.2, -0.15) is 13.9 Å². The second-order valence-corrected chi connectivity index (χ2v) is 6.66. The highest BCUT2D eigenvalue weighted by Crippen LogP contribution is 2.43. The zero-order valence-corrected chi connectivity index (χ0v) is 12.6. The number of amides is 1. The zero-order valence-electron chi connectivity index (χ0n) is 12.6. The quantitative estimate of drug-likeness (QED) is 0.890. The smallest absolute Gasteiger partial charge is 0.324 e. The van der Waals surface area contributed by atoms with E-state index in [9.17, 15) is 13.6 Å². The van der Waals surface area contributed by atoms with Crippen molar-refractivity contribution in [2.45, 2.75) is 44.1 Å². The van der Waals surface area contributed by atoms with Gasteiger partial charge >= 0.3 is 5.92 Å². The summed E-state index contributed by atoms with van der Waals surface area (Å²) in [5.74, 6) is -4.25. The van der Waals surface area contributed by atoms with Crippen LogP contribution in [-0.2, 0) is 4.79 Å². The van der Waals surface area contributed by atoms with Gasteiger partial charge in [0.25, 0.3) is 5.91 Å². The summed E-state index contributed by atoms with van der Waals surface area (Å²) < 4.78 is 29.7. The third kappa shape index (κ3) is 3.04. The summed E-state index contributed by atoms with van der Waals surface area (Å²) >= 11 is 0. The number of imidazole rings is 1. The van der Waals surface area contributed by atoms with Crippen molar-refractivity contribution in [2.75, 3.05) is 0 Å². The monoisotopic (exact) mass is 320 g/mol. The first kappa shape index (κ1) is 14.5. The second kappa shape index (κ2) is 5.25. The van der Waals surface area contributed by atoms with Crippen LogP contribution in [0.2, 0.25) is 0 Å². The van der Waals surface area contributed by atoms with Gasteiger partial charge in [0.2, 0.25) is 0 Å². The normalized spacial score (nSPS) is 19.7. The van der Waals surface area contributed by atoms with Gasteiger partial charge in [-0.1, -0.05) is 0 Å². The first-order chi connectivity index (χ1) is 11.0. The first-order valence-electron chi connectivity index (χ1n) is 8.01. The van der Waals surface area contributed by atoms with Gasteiger partial charge in [-0.05, 0) is 49.1 Å². The second-order valence-electron chi connectivity index (χ2n) is 6.66. The fourth-order valence-corrected chi connectivity index (χ4v) is 2.92. The molecule has 2 aromatic rings. The molecule has 2 saturated carbocycles. The summed E-state index contributed by atoms with van der Waals surface area (Å²) in [6.45, 7) is 0. The molecule has 0 radical (unpaired) electrons. The van der Waals surface area contributed by atoms with E-state index in [1.165, 1.54) is 0 Å². The Bertz CT molecular complexity index is 737. The van der Waals surface area contributed by atoms with E-state index in [0.29, 0.717) is 5.65 Å². The fraction of sp³-hybridized carbons (Fsp3) is 0.562. The molecule has 2 aliphatic carbocycles. The maximum Gasteiger partial charge on any atom is 0.324 e. The lowest BCUT2D eigenvalue weighted by Gasteiger charge is -2.22. The molecule has 0 spiro atoms. The fourth-order valence-electron chi connectivity index (χ4n) is 2.92. The summed E-state index contributed by atoms with van der Waals surface area (Å²) in [6, 6.07) is 1.39. The number of alkyl halides is 2. The molecule has 0 saturated heterocycles. The molecule has 0 bridgehead atoms. The lowest BCUT2D eigenvalue weighted by atomic mass is 10.0. The maximum absolute atomic E-state index is 14.0. The van der Waals surface area contributed by atoms with Gasteiger partial charge in [0.15, 0.2) is 5.65 Å². The number of aromatic nitrogens is 3. The highest BCUT2D eigenvalue weighted by Gasteiger charge is 2.46. The Balaban J connectivity index is 1.54. The molecule has 5 nitrogen and oxygen atoms in total. The van der Waals surface area contributed by atoms with Crippen molar-refractivity contribution < 1.29 is 13.6 Å². The van der Waals surface area contributed by atoms with Crippen LogP contribution in [0, 0.1) is 11.8 Å². The van der Waals surface area contributed by atoms with Crippen LogP contribution in [0.4, 0.5) is 8.78 Å². The topological polar surface area (TPSA) is 59.3 Å². The number of hydrogen-bond donors (Lipinski definition) is 1. The average molecular weight is 320 g/mol. The van der Waals surface area contributed by atoms with Gasteiger partial charge in [0.1, 0.15) is 0 Å². The molecule has 2 aliphatic rings. The summed E-state index contributed by atoms with van der Waals surface area (Å²) in [6.07, 6.45) is 8.08. The van der Waals surface area contributed by atoms with Crippen molar-refractivity contribution >= 4 is 11.6 Å². The summed E-state index contributed by atoms with van der Waals surface area (Å²) in [4.78, 5) is 16.2. The highest BCUT2D eigenvalue weighted by atomic mass is 19.3. The lowest BCUT2D eigenvalue weighted by molar-refractivity contribution is -0.148. The number of nitrogens with one attached hydrogen (secondary N) is 1. The lowest BCUT2D eigenvalue weighted by Crippen LogP contribution is -2.43. The van der Waals surface area contributed by atoms with Gasteiger partial charge < -0.3 is 5.32 Å². The predicted octanol–water partition coefficient (Wildman–Crippen LogP) is 2.73. The van der Waals surface area contributed by atoms with E-state index in [-0.39, 0.29) is 18.3 Å². The van der Waals surface area contributed by atoms with E-state index in [0.717, 1.165) is 31.2 Å². The van der Waals surface area contributed by atoms with Crippen LogP contribution >= 0.6 is 0 Å². The van der Waals surface area contributed by atoms with Gasteiger partial charge in [-0.25, -0.2) is 9.50 Å². The number of nitrogens with zero attached hydrogens (tertiary/aromatic N) is 3. The third-order valence-corrected chi connectivity index (χ3v) is 4.59. The molecule has 2 fully saturated rings. The molecule has 122 valence electrons. The van der Waals surface area contributed by atoms with E-state index >= 15 is 0 Å². The Labute approximate surface area is 132 Å². The first-order valence-corrected chi connectivity index (χ1v) is 8.01. The van der Waals surface area contributed by atoms with E-state index in [1.807, 2.05) is 0 Å². The number of rotatable bonds is 6. The maximum atomic E-state index is 14.0. The van der Waals surface area contributed by atoms with E-state index in [1.54, 1.807) is 29.2 Å². The number of halogens is 2. The third-order valence-electron chi connectivity index (χ3n) is 4.59. The van der Waals surface area contributed by atoms with Crippen molar-refractivity contribution in [3.05, 3.63) is 30.2 Å². The van der Waals surface area contributed by atoms with Crippen LogP contribution in [0.3, 0.4) is 0 Å². The molecule has 1 N–H and O–H groups in total. The van der Waals surface area contributed by atoms with Crippen molar-refractivity contribution in [3.63, 3.8) is 0 Å². The van der Waals surface area contributed by atoms with Gasteiger partial charge in [-0.3, -0.25) is 4.79 Å². The highest BCUT2D eigenvalue weighted by molar-refractivity contribution is 5.83. The standard InChI is InChI=1S/C16H18F2N4O/c17-16(18,8-10-1-2-10)15(23)21-14(11-3-4-11)12-7-13-19-5-6-22(13)20-9-12/h5-7,9-11,14H,1-4,8H2,(H,21,23)/t14-/m1/s1. The Morgan fingerprint density at radius 2 is 2.17 bits per heavy atom. The minimum atomic E-state index is -3.29. The summed E-state index contributed by atoms with van der Waals surface area (Å²) in [5.41, 5.74) is 1.38. The molecular formula is C16H18F2N4O. The molecular weight excluding hydrogens is 302 g/mol. The summed E-state index contributed by atoms with van der Waals surface area (Å²) in [5, 5.41) is 6.78. The Morgan fingerprint density at radius 3 is 2.87 bits per heavy atom. The molecule has 23 heavy (non-hydrogen) atoms. The molecule has 4 rings (SSSR count). The molecule has 1 amide bonds. The number of carbonyl (C=O) groups is 1.